The molecule has 21 heavy (non-hydrogen) atoms. The summed E-state index contributed by atoms with van der Waals surface area (Å²) in [5, 5.41) is 2.88. The van der Waals surface area contributed by atoms with E-state index in [0.29, 0.717) is 6.42 Å². The van der Waals surface area contributed by atoms with E-state index >= 15 is 0 Å². The predicted molar refractivity (Wildman–Crippen MR) is 87.3 cm³/mol. The van der Waals surface area contributed by atoms with Gasteiger partial charge in [-0.1, -0.05) is 18.6 Å². The molecule has 3 N–H and O–H groups in total. The van der Waals surface area contributed by atoms with Crippen LogP contribution in [0.3, 0.4) is 0 Å². The Morgan fingerprint density at radius 2 is 1.90 bits per heavy atom. The zero-order chi connectivity index (χ0) is 15.1. The number of anilines is 1. The summed E-state index contributed by atoms with van der Waals surface area (Å²) in [4.78, 5) is 14.2. The van der Waals surface area contributed by atoms with Crippen LogP contribution in [0.5, 0.6) is 0 Å². The second-order valence-electron chi connectivity index (χ2n) is 6.08. The van der Waals surface area contributed by atoms with Crippen molar-refractivity contribution in [1.82, 2.24) is 4.90 Å². The summed E-state index contributed by atoms with van der Waals surface area (Å²) >= 11 is 0. The minimum atomic E-state index is -0.103. The van der Waals surface area contributed by atoms with Gasteiger partial charge in [0.05, 0.1) is 0 Å². The summed E-state index contributed by atoms with van der Waals surface area (Å²) in [6.45, 7) is 5.45. The molecule has 1 amide bonds. The maximum atomic E-state index is 11.6. The number of benzene rings is 1. The maximum Gasteiger partial charge on any atom is 0.225 e. The van der Waals surface area contributed by atoms with Gasteiger partial charge < -0.3 is 16.0 Å². The molecule has 4 heteroatoms. The number of amides is 1. The molecule has 2 rings (SSSR count). The van der Waals surface area contributed by atoms with Crippen molar-refractivity contribution in [3.05, 3.63) is 29.8 Å². The Hall–Kier alpha value is -1.39. The van der Waals surface area contributed by atoms with Crippen molar-refractivity contribution in [3.63, 3.8) is 0 Å². The van der Waals surface area contributed by atoms with Gasteiger partial charge in [-0.2, -0.15) is 0 Å². The van der Waals surface area contributed by atoms with Crippen LogP contribution in [0.4, 0.5) is 5.69 Å². The van der Waals surface area contributed by atoms with Crippen LogP contribution < -0.4 is 11.1 Å². The molecule has 1 aliphatic rings. The van der Waals surface area contributed by atoms with Gasteiger partial charge in [0, 0.05) is 24.7 Å². The van der Waals surface area contributed by atoms with Crippen LogP contribution in [0.15, 0.2) is 24.3 Å². The highest BCUT2D eigenvalue weighted by atomic mass is 16.1. The SMILES string of the molecule is CC(N)CC(=O)Nc1ccc(CCN2CCCCC2)cc1. The van der Waals surface area contributed by atoms with E-state index in [4.69, 9.17) is 5.73 Å². The molecule has 1 saturated heterocycles. The number of carbonyl (C=O) groups is 1. The topological polar surface area (TPSA) is 58.4 Å². The number of piperidine rings is 1. The van der Waals surface area contributed by atoms with Crippen LogP contribution in [0, 0.1) is 0 Å². The second-order valence-corrected chi connectivity index (χ2v) is 6.08. The first-order valence-electron chi connectivity index (χ1n) is 8.00. The molecule has 1 unspecified atom stereocenters. The van der Waals surface area contributed by atoms with Crippen LogP contribution in [-0.4, -0.2) is 36.5 Å². The summed E-state index contributed by atoms with van der Waals surface area (Å²) < 4.78 is 0. The van der Waals surface area contributed by atoms with Crippen molar-refractivity contribution in [3.8, 4) is 0 Å². The normalized spacial score (nSPS) is 17.4. The minimum Gasteiger partial charge on any atom is -0.327 e. The number of carbonyl (C=O) groups excluding carboxylic acids is 1. The van der Waals surface area contributed by atoms with Gasteiger partial charge in [0.25, 0.3) is 0 Å². The van der Waals surface area contributed by atoms with E-state index in [-0.39, 0.29) is 11.9 Å². The molecule has 1 aromatic carbocycles. The van der Waals surface area contributed by atoms with Crippen molar-refractivity contribution < 1.29 is 4.79 Å². The van der Waals surface area contributed by atoms with Crippen molar-refractivity contribution in [2.24, 2.45) is 5.73 Å². The molecule has 0 aliphatic carbocycles. The lowest BCUT2D eigenvalue weighted by Crippen LogP contribution is -2.31. The van der Waals surface area contributed by atoms with Gasteiger partial charge in [-0.05, 0) is 57.0 Å². The zero-order valence-electron chi connectivity index (χ0n) is 13.0. The third-order valence-electron chi connectivity index (χ3n) is 3.91. The maximum absolute atomic E-state index is 11.6. The summed E-state index contributed by atoms with van der Waals surface area (Å²) in [7, 11) is 0. The summed E-state index contributed by atoms with van der Waals surface area (Å²) in [5.41, 5.74) is 7.79. The Kier molecular flexibility index (Phi) is 6.21. The first-order chi connectivity index (χ1) is 10.1. The molecule has 1 heterocycles. The highest BCUT2D eigenvalue weighted by molar-refractivity contribution is 5.91. The van der Waals surface area contributed by atoms with Crippen molar-refractivity contribution in [1.29, 1.82) is 0 Å². The molecule has 0 radical (unpaired) electrons. The lowest BCUT2D eigenvalue weighted by atomic mass is 10.1. The minimum absolute atomic E-state index is 0.0222. The van der Waals surface area contributed by atoms with E-state index in [2.05, 4.69) is 22.3 Å². The van der Waals surface area contributed by atoms with Gasteiger partial charge in [-0.3, -0.25) is 4.79 Å². The first kappa shape index (κ1) is 16.0. The Morgan fingerprint density at radius 3 is 2.52 bits per heavy atom. The Bertz CT molecular complexity index is 436. The van der Waals surface area contributed by atoms with Crippen molar-refractivity contribution in [2.75, 3.05) is 25.0 Å². The molecule has 0 aromatic heterocycles. The van der Waals surface area contributed by atoms with E-state index in [1.807, 2.05) is 19.1 Å². The quantitative estimate of drug-likeness (QED) is 0.845. The van der Waals surface area contributed by atoms with Crippen LogP contribution in [-0.2, 0) is 11.2 Å². The summed E-state index contributed by atoms with van der Waals surface area (Å²) in [5.74, 6) is -0.0222. The summed E-state index contributed by atoms with van der Waals surface area (Å²) in [6.07, 6.45) is 5.49. The van der Waals surface area contributed by atoms with Gasteiger partial charge in [0.1, 0.15) is 0 Å². The fraction of sp³-hybridized carbons (Fsp3) is 0.588. The Labute approximate surface area is 127 Å². The molecule has 0 spiro atoms. The van der Waals surface area contributed by atoms with Gasteiger partial charge >= 0.3 is 0 Å². The molecule has 4 nitrogen and oxygen atoms in total. The third-order valence-corrected chi connectivity index (χ3v) is 3.91. The first-order valence-corrected chi connectivity index (χ1v) is 8.00. The molecule has 116 valence electrons. The van der Waals surface area contributed by atoms with Crippen LogP contribution >= 0.6 is 0 Å². The average molecular weight is 289 g/mol. The van der Waals surface area contributed by atoms with Gasteiger partial charge in [0.15, 0.2) is 0 Å². The highest BCUT2D eigenvalue weighted by Crippen LogP contribution is 2.13. The van der Waals surface area contributed by atoms with Crippen LogP contribution in [0.2, 0.25) is 0 Å². The number of likely N-dealkylation sites (tertiary alicyclic amines) is 1. The fourth-order valence-electron chi connectivity index (χ4n) is 2.73. The summed E-state index contributed by atoms with van der Waals surface area (Å²) in [6, 6.07) is 8.06. The molecule has 1 atom stereocenters. The molecule has 1 aliphatic heterocycles. The zero-order valence-corrected chi connectivity index (χ0v) is 13.0. The van der Waals surface area contributed by atoms with E-state index in [9.17, 15) is 4.79 Å². The lowest BCUT2D eigenvalue weighted by Gasteiger charge is -2.26. The average Bonchev–Trinajstić information content (AvgIpc) is 2.47. The highest BCUT2D eigenvalue weighted by Gasteiger charge is 2.09. The molecule has 0 saturated carbocycles. The molecular weight excluding hydrogens is 262 g/mol. The van der Waals surface area contributed by atoms with E-state index in [1.165, 1.54) is 37.9 Å². The van der Waals surface area contributed by atoms with Crippen molar-refractivity contribution in [2.45, 2.75) is 45.1 Å². The number of nitrogens with zero attached hydrogens (tertiary/aromatic N) is 1. The number of hydrogen-bond donors (Lipinski definition) is 2. The van der Waals surface area contributed by atoms with Gasteiger partial charge in [-0.25, -0.2) is 0 Å². The number of rotatable bonds is 6. The smallest absolute Gasteiger partial charge is 0.225 e. The number of hydrogen-bond acceptors (Lipinski definition) is 3. The number of nitrogens with one attached hydrogen (secondary N) is 1. The van der Waals surface area contributed by atoms with Crippen LogP contribution in [0.1, 0.15) is 38.2 Å². The molecule has 1 fully saturated rings. The van der Waals surface area contributed by atoms with Gasteiger partial charge in [-0.15, -0.1) is 0 Å². The lowest BCUT2D eigenvalue weighted by molar-refractivity contribution is -0.116. The fourth-order valence-corrected chi connectivity index (χ4v) is 2.73. The van der Waals surface area contributed by atoms with E-state index < -0.39 is 0 Å². The monoisotopic (exact) mass is 289 g/mol. The standard InChI is InChI=1S/C17H27N3O/c1-14(18)13-17(21)19-16-7-5-15(6-8-16)9-12-20-10-3-2-4-11-20/h5-8,14H,2-4,9-13,18H2,1H3,(H,19,21). The predicted octanol–water partition coefficient (Wildman–Crippen LogP) is 2.39. The third kappa shape index (κ3) is 5.86. The second kappa shape index (κ2) is 8.15. The van der Waals surface area contributed by atoms with Gasteiger partial charge in [0.2, 0.25) is 5.91 Å². The van der Waals surface area contributed by atoms with E-state index in [0.717, 1.165) is 18.7 Å². The molecule has 1 aromatic rings. The van der Waals surface area contributed by atoms with Crippen LogP contribution in [0.25, 0.3) is 0 Å². The molecular formula is C17H27N3O. The molecule has 0 bridgehead atoms. The van der Waals surface area contributed by atoms with E-state index in [1.54, 1.807) is 0 Å². The Morgan fingerprint density at radius 1 is 1.24 bits per heavy atom. The largest absolute Gasteiger partial charge is 0.327 e. The Balaban J connectivity index is 1.77. The number of nitrogens with two attached hydrogens (primary N) is 1. The van der Waals surface area contributed by atoms with Crippen molar-refractivity contribution >= 4 is 11.6 Å².